The molecular weight excluding hydrogens is 424 g/mol. The molecular formula is C23H30N6O4. The van der Waals surface area contributed by atoms with Crippen LogP contribution in [0.2, 0.25) is 0 Å². The average molecular weight is 455 g/mol. The van der Waals surface area contributed by atoms with Crippen LogP contribution >= 0.6 is 0 Å². The predicted octanol–water partition coefficient (Wildman–Crippen LogP) is 2.04. The van der Waals surface area contributed by atoms with Gasteiger partial charge in [-0.05, 0) is 31.5 Å². The maximum Gasteiger partial charge on any atom is 0.409 e. The Morgan fingerprint density at radius 3 is 2.48 bits per heavy atom. The first-order chi connectivity index (χ1) is 15.7. The predicted molar refractivity (Wildman–Crippen MR) is 122 cm³/mol. The van der Waals surface area contributed by atoms with Gasteiger partial charge in [0.25, 0.3) is 0 Å². The topological polar surface area (TPSA) is 124 Å². The van der Waals surface area contributed by atoms with Crippen LogP contribution in [0.4, 0.5) is 4.79 Å². The highest BCUT2D eigenvalue weighted by atomic mass is 16.6. The standard InChI is InChI=1S/C23H30N6O4/c1-23(2,24)21(30)25-18(15-32-13-16-9-6-5-7-10-16)20-27-26-19-12-8-11-17(29(19)20)14-33-22(31)28(3)4/h5-12,18H,13-15,24H2,1-4H3,(H,25,30)/t18-/m1/s1. The molecule has 0 spiro atoms. The van der Waals surface area contributed by atoms with Crippen molar-refractivity contribution in [3.8, 4) is 0 Å². The Hall–Kier alpha value is -3.50. The summed E-state index contributed by atoms with van der Waals surface area (Å²) in [7, 11) is 3.22. The lowest BCUT2D eigenvalue weighted by molar-refractivity contribution is -0.126. The van der Waals surface area contributed by atoms with E-state index in [0.717, 1.165) is 5.56 Å². The first-order valence-corrected chi connectivity index (χ1v) is 10.6. The number of hydrogen-bond acceptors (Lipinski definition) is 7. The molecule has 2 amide bonds. The molecule has 2 aromatic heterocycles. The number of amides is 2. The van der Waals surface area contributed by atoms with Crippen LogP contribution < -0.4 is 11.1 Å². The number of nitrogens with zero attached hydrogens (tertiary/aromatic N) is 4. The zero-order valence-electron chi connectivity index (χ0n) is 19.3. The molecule has 3 N–H and O–H groups in total. The zero-order chi connectivity index (χ0) is 24.0. The van der Waals surface area contributed by atoms with Gasteiger partial charge < -0.3 is 25.4 Å². The van der Waals surface area contributed by atoms with Crippen LogP contribution in [0.25, 0.3) is 5.65 Å². The quantitative estimate of drug-likeness (QED) is 0.507. The fraction of sp³-hybridized carbons (Fsp3) is 0.391. The highest BCUT2D eigenvalue weighted by molar-refractivity contribution is 5.85. The van der Waals surface area contributed by atoms with Gasteiger partial charge in [-0.2, -0.15) is 0 Å². The van der Waals surface area contributed by atoms with Gasteiger partial charge in [-0.1, -0.05) is 36.4 Å². The summed E-state index contributed by atoms with van der Waals surface area (Å²) in [5, 5.41) is 11.4. The molecule has 3 aromatic rings. The number of aromatic nitrogens is 3. The Kier molecular flexibility index (Phi) is 7.62. The van der Waals surface area contributed by atoms with E-state index < -0.39 is 17.7 Å². The minimum absolute atomic E-state index is 0.00726. The minimum Gasteiger partial charge on any atom is -0.443 e. The summed E-state index contributed by atoms with van der Waals surface area (Å²) in [6.07, 6.45) is -0.470. The van der Waals surface area contributed by atoms with E-state index in [1.54, 1.807) is 50.5 Å². The largest absolute Gasteiger partial charge is 0.443 e. The fourth-order valence-corrected chi connectivity index (χ4v) is 3.03. The Bertz CT molecular complexity index is 1090. The maximum absolute atomic E-state index is 12.7. The van der Waals surface area contributed by atoms with Crippen molar-refractivity contribution in [2.24, 2.45) is 5.73 Å². The van der Waals surface area contributed by atoms with E-state index in [4.69, 9.17) is 15.2 Å². The van der Waals surface area contributed by atoms with Crippen molar-refractivity contribution in [3.63, 3.8) is 0 Å². The lowest BCUT2D eigenvalue weighted by Crippen LogP contribution is -2.51. The third kappa shape index (κ3) is 6.27. The lowest BCUT2D eigenvalue weighted by Gasteiger charge is -2.24. The molecule has 2 heterocycles. The molecule has 3 rings (SSSR count). The maximum atomic E-state index is 12.7. The third-order valence-electron chi connectivity index (χ3n) is 4.84. The molecule has 0 aliphatic rings. The van der Waals surface area contributed by atoms with Crippen molar-refractivity contribution in [3.05, 3.63) is 65.6 Å². The summed E-state index contributed by atoms with van der Waals surface area (Å²) in [5.41, 5.74) is 7.11. The zero-order valence-corrected chi connectivity index (χ0v) is 19.3. The molecule has 0 unspecified atom stereocenters. The molecule has 0 bridgehead atoms. The highest BCUT2D eigenvalue weighted by Crippen LogP contribution is 2.18. The number of hydrogen-bond donors (Lipinski definition) is 2. The van der Waals surface area contributed by atoms with Crippen molar-refractivity contribution in [1.29, 1.82) is 0 Å². The van der Waals surface area contributed by atoms with E-state index in [-0.39, 0.29) is 19.1 Å². The first kappa shape index (κ1) is 24.1. The number of nitrogens with two attached hydrogens (primary N) is 1. The number of ether oxygens (including phenoxy) is 2. The molecule has 1 atom stereocenters. The number of nitrogens with one attached hydrogen (secondary N) is 1. The van der Waals surface area contributed by atoms with Gasteiger partial charge in [0, 0.05) is 14.1 Å². The molecule has 176 valence electrons. The van der Waals surface area contributed by atoms with Gasteiger partial charge in [0.1, 0.15) is 12.6 Å². The number of fused-ring (bicyclic) bond motifs is 1. The van der Waals surface area contributed by atoms with Gasteiger partial charge in [0.15, 0.2) is 11.5 Å². The molecule has 0 aliphatic carbocycles. The van der Waals surface area contributed by atoms with Crippen LogP contribution in [-0.2, 0) is 27.5 Å². The summed E-state index contributed by atoms with van der Waals surface area (Å²) in [5.74, 6) is 0.0937. The summed E-state index contributed by atoms with van der Waals surface area (Å²) in [6.45, 7) is 3.76. The minimum atomic E-state index is -1.09. The second kappa shape index (κ2) is 10.4. The molecule has 0 radical (unpaired) electrons. The van der Waals surface area contributed by atoms with Gasteiger partial charge in [0.05, 0.1) is 24.4 Å². The van der Waals surface area contributed by atoms with Gasteiger partial charge in [-0.15, -0.1) is 10.2 Å². The molecule has 0 saturated carbocycles. The summed E-state index contributed by atoms with van der Waals surface area (Å²) >= 11 is 0. The normalized spacial score (nSPS) is 12.4. The van der Waals surface area contributed by atoms with Crippen LogP contribution in [0.5, 0.6) is 0 Å². The Morgan fingerprint density at radius 1 is 1.09 bits per heavy atom. The van der Waals surface area contributed by atoms with Crippen molar-refractivity contribution in [2.75, 3.05) is 20.7 Å². The number of pyridine rings is 1. The molecule has 33 heavy (non-hydrogen) atoms. The van der Waals surface area contributed by atoms with E-state index in [2.05, 4.69) is 15.5 Å². The molecule has 1 aromatic carbocycles. The van der Waals surface area contributed by atoms with Crippen molar-refractivity contribution >= 4 is 17.6 Å². The van der Waals surface area contributed by atoms with Crippen molar-refractivity contribution in [2.45, 2.75) is 38.6 Å². The molecule has 0 aliphatic heterocycles. The third-order valence-corrected chi connectivity index (χ3v) is 4.84. The smallest absolute Gasteiger partial charge is 0.409 e. The molecule has 0 fully saturated rings. The number of benzene rings is 1. The van der Waals surface area contributed by atoms with Crippen molar-refractivity contribution < 1.29 is 19.1 Å². The second-order valence-corrected chi connectivity index (χ2v) is 8.47. The van der Waals surface area contributed by atoms with Crippen LogP contribution in [0.1, 0.15) is 37.0 Å². The SMILES string of the molecule is CN(C)C(=O)OCc1cccc2nnc([C@@H](COCc3ccccc3)NC(=O)C(C)(C)N)n12. The Morgan fingerprint density at radius 2 is 1.82 bits per heavy atom. The van der Waals surface area contributed by atoms with E-state index >= 15 is 0 Å². The summed E-state index contributed by atoms with van der Waals surface area (Å²) in [6, 6.07) is 14.5. The van der Waals surface area contributed by atoms with Gasteiger partial charge in [-0.3, -0.25) is 9.20 Å². The van der Waals surface area contributed by atoms with E-state index in [1.165, 1.54) is 4.90 Å². The number of rotatable bonds is 9. The van der Waals surface area contributed by atoms with Gasteiger partial charge in [0.2, 0.25) is 5.91 Å². The van der Waals surface area contributed by atoms with Crippen LogP contribution in [0, 0.1) is 0 Å². The first-order valence-electron chi connectivity index (χ1n) is 10.6. The monoisotopic (exact) mass is 454 g/mol. The van der Waals surface area contributed by atoms with E-state index in [9.17, 15) is 9.59 Å². The van der Waals surface area contributed by atoms with E-state index in [1.807, 2.05) is 30.3 Å². The lowest BCUT2D eigenvalue weighted by atomic mass is 10.1. The summed E-state index contributed by atoms with van der Waals surface area (Å²) in [4.78, 5) is 25.9. The van der Waals surface area contributed by atoms with Crippen molar-refractivity contribution in [1.82, 2.24) is 24.8 Å². The molecule has 10 heteroatoms. The average Bonchev–Trinajstić information content (AvgIpc) is 3.21. The highest BCUT2D eigenvalue weighted by Gasteiger charge is 2.28. The van der Waals surface area contributed by atoms with Crippen LogP contribution in [0.15, 0.2) is 48.5 Å². The fourth-order valence-electron chi connectivity index (χ4n) is 3.03. The van der Waals surface area contributed by atoms with Crippen LogP contribution in [0.3, 0.4) is 0 Å². The van der Waals surface area contributed by atoms with E-state index in [0.29, 0.717) is 23.8 Å². The number of carbonyl (C=O) groups excluding carboxylic acids is 2. The number of carbonyl (C=O) groups is 2. The molecule has 10 nitrogen and oxygen atoms in total. The Balaban J connectivity index is 1.88. The second-order valence-electron chi connectivity index (χ2n) is 8.47. The summed E-state index contributed by atoms with van der Waals surface area (Å²) < 4.78 is 13.0. The van der Waals surface area contributed by atoms with Gasteiger partial charge in [-0.25, -0.2) is 4.79 Å². The Labute approximate surface area is 192 Å². The van der Waals surface area contributed by atoms with Gasteiger partial charge >= 0.3 is 6.09 Å². The van der Waals surface area contributed by atoms with Crippen LogP contribution in [-0.4, -0.2) is 57.7 Å². The molecule has 0 saturated heterocycles.